The summed E-state index contributed by atoms with van der Waals surface area (Å²) in [4.78, 5) is 0. The normalized spacial score (nSPS) is 11.5. The predicted octanol–water partition coefficient (Wildman–Crippen LogP) is 10.0. The van der Waals surface area contributed by atoms with Crippen LogP contribution in [0.25, 0.3) is 60.5 Å². The number of rotatable bonds is 3. The molecule has 0 aliphatic heterocycles. The zero-order chi connectivity index (χ0) is 24.1. The molecule has 170 valence electrons. The fourth-order valence-corrected chi connectivity index (χ4v) is 5.90. The summed E-state index contributed by atoms with van der Waals surface area (Å²) in [5, 5.41) is 5.12. The summed E-state index contributed by atoms with van der Waals surface area (Å²) in [5.74, 6) is 0. The Labute approximate surface area is 218 Å². The van der Waals surface area contributed by atoms with Crippen molar-refractivity contribution < 1.29 is 0 Å². The summed E-state index contributed by atoms with van der Waals surface area (Å²) in [6.07, 6.45) is 0. The molecule has 0 amide bonds. The third kappa shape index (κ3) is 3.37. The second-order valence-electron chi connectivity index (χ2n) is 9.14. The van der Waals surface area contributed by atoms with E-state index in [1.165, 1.54) is 60.5 Å². The zero-order valence-corrected chi connectivity index (χ0v) is 21.1. The SMILES string of the molecule is Brc1ccccc1-c1cccc(-c2ccc3c(c2)c2c4ccccc4ccc2n3-c2ccccc2)c1. The lowest BCUT2D eigenvalue weighted by atomic mass is 9.97. The molecule has 7 rings (SSSR count). The van der Waals surface area contributed by atoms with E-state index in [1.54, 1.807) is 0 Å². The molecular weight excluding hydrogens is 502 g/mol. The number of halogens is 1. The molecule has 0 bridgehead atoms. The summed E-state index contributed by atoms with van der Waals surface area (Å²) in [6, 6.07) is 47.9. The highest BCUT2D eigenvalue weighted by Crippen LogP contribution is 2.39. The van der Waals surface area contributed by atoms with Gasteiger partial charge in [0.15, 0.2) is 0 Å². The molecule has 0 atom stereocenters. The Morgan fingerprint density at radius 3 is 2.08 bits per heavy atom. The molecule has 36 heavy (non-hydrogen) atoms. The highest BCUT2D eigenvalue weighted by atomic mass is 79.9. The fraction of sp³-hybridized carbons (Fsp3) is 0. The summed E-state index contributed by atoms with van der Waals surface area (Å²) < 4.78 is 3.49. The van der Waals surface area contributed by atoms with Gasteiger partial charge in [0.05, 0.1) is 11.0 Å². The lowest BCUT2D eigenvalue weighted by Crippen LogP contribution is -1.93. The van der Waals surface area contributed by atoms with Crippen LogP contribution in [0.15, 0.2) is 138 Å². The Morgan fingerprint density at radius 1 is 0.472 bits per heavy atom. The second-order valence-corrected chi connectivity index (χ2v) is 10.00. The summed E-state index contributed by atoms with van der Waals surface area (Å²) in [7, 11) is 0. The molecule has 0 aliphatic carbocycles. The number of hydrogen-bond acceptors (Lipinski definition) is 0. The van der Waals surface area contributed by atoms with Crippen LogP contribution in [0.3, 0.4) is 0 Å². The first-order valence-electron chi connectivity index (χ1n) is 12.1. The van der Waals surface area contributed by atoms with Gasteiger partial charge in [0.2, 0.25) is 0 Å². The van der Waals surface area contributed by atoms with Crippen LogP contribution in [0.2, 0.25) is 0 Å². The number of nitrogens with zero attached hydrogens (tertiary/aromatic N) is 1. The van der Waals surface area contributed by atoms with E-state index in [0.717, 1.165) is 4.47 Å². The van der Waals surface area contributed by atoms with E-state index in [-0.39, 0.29) is 0 Å². The van der Waals surface area contributed by atoms with Gasteiger partial charge in [-0.1, -0.05) is 107 Å². The molecule has 0 fully saturated rings. The molecule has 0 radical (unpaired) electrons. The molecule has 2 heteroatoms. The molecule has 0 spiro atoms. The molecule has 7 aromatic rings. The van der Waals surface area contributed by atoms with Crippen molar-refractivity contribution in [2.45, 2.75) is 0 Å². The Bertz CT molecular complexity index is 1900. The van der Waals surface area contributed by atoms with Gasteiger partial charge in [-0.05, 0) is 75.5 Å². The highest BCUT2D eigenvalue weighted by molar-refractivity contribution is 9.10. The number of fused-ring (bicyclic) bond motifs is 5. The monoisotopic (exact) mass is 523 g/mol. The maximum absolute atomic E-state index is 3.72. The van der Waals surface area contributed by atoms with Gasteiger partial charge in [0.25, 0.3) is 0 Å². The summed E-state index contributed by atoms with van der Waals surface area (Å²) >= 11 is 3.72. The quantitative estimate of drug-likeness (QED) is 0.217. The maximum Gasteiger partial charge on any atom is 0.0547 e. The first-order chi connectivity index (χ1) is 17.8. The summed E-state index contributed by atoms with van der Waals surface area (Å²) in [5.41, 5.74) is 8.47. The number of para-hydroxylation sites is 1. The van der Waals surface area contributed by atoms with Crippen molar-refractivity contribution in [2.75, 3.05) is 0 Å². The van der Waals surface area contributed by atoms with Gasteiger partial charge in [0.1, 0.15) is 0 Å². The van der Waals surface area contributed by atoms with Crippen molar-refractivity contribution in [1.82, 2.24) is 4.57 Å². The second kappa shape index (κ2) is 8.51. The Morgan fingerprint density at radius 2 is 1.19 bits per heavy atom. The largest absolute Gasteiger partial charge is 0.309 e. The van der Waals surface area contributed by atoms with Crippen molar-refractivity contribution in [3.8, 4) is 27.9 Å². The average Bonchev–Trinajstić information content (AvgIpc) is 3.28. The van der Waals surface area contributed by atoms with Crippen LogP contribution in [-0.2, 0) is 0 Å². The third-order valence-electron chi connectivity index (χ3n) is 7.05. The van der Waals surface area contributed by atoms with Gasteiger partial charge in [-0.25, -0.2) is 0 Å². The van der Waals surface area contributed by atoms with Crippen LogP contribution in [0.1, 0.15) is 0 Å². The minimum atomic E-state index is 1.11. The number of benzene rings is 6. The highest BCUT2D eigenvalue weighted by Gasteiger charge is 2.16. The van der Waals surface area contributed by atoms with Crippen molar-refractivity contribution in [3.63, 3.8) is 0 Å². The molecule has 1 heterocycles. The van der Waals surface area contributed by atoms with E-state index in [1.807, 2.05) is 0 Å². The van der Waals surface area contributed by atoms with Gasteiger partial charge in [0, 0.05) is 20.9 Å². The Hall–Kier alpha value is -4.14. The van der Waals surface area contributed by atoms with Crippen LogP contribution in [0.4, 0.5) is 0 Å². The molecule has 0 unspecified atom stereocenters. The van der Waals surface area contributed by atoms with Gasteiger partial charge in [-0.15, -0.1) is 0 Å². The molecule has 6 aromatic carbocycles. The standard InChI is InChI=1S/C34H22BrN/c35-31-16-7-6-14-28(31)26-11-8-10-24(21-26)25-18-19-32-30(22-25)34-29-15-5-4-9-23(29)17-20-33(34)36(32)27-12-2-1-3-13-27/h1-22H. The number of hydrogen-bond donors (Lipinski definition) is 0. The van der Waals surface area contributed by atoms with E-state index >= 15 is 0 Å². The minimum absolute atomic E-state index is 1.11. The first kappa shape index (κ1) is 21.2. The molecule has 0 N–H and O–H groups in total. The van der Waals surface area contributed by atoms with Gasteiger partial charge < -0.3 is 4.57 Å². The van der Waals surface area contributed by atoms with Crippen molar-refractivity contribution >= 4 is 48.5 Å². The predicted molar refractivity (Wildman–Crippen MR) is 157 cm³/mol. The average molecular weight is 524 g/mol. The topological polar surface area (TPSA) is 4.93 Å². The van der Waals surface area contributed by atoms with E-state index in [2.05, 4.69) is 154 Å². The van der Waals surface area contributed by atoms with E-state index in [9.17, 15) is 0 Å². The van der Waals surface area contributed by atoms with Crippen LogP contribution in [0.5, 0.6) is 0 Å². The van der Waals surface area contributed by atoms with Crippen LogP contribution >= 0.6 is 15.9 Å². The third-order valence-corrected chi connectivity index (χ3v) is 7.74. The Balaban J connectivity index is 1.51. The lowest BCUT2D eigenvalue weighted by molar-refractivity contribution is 1.18. The van der Waals surface area contributed by atoms with Crippen LogP contribution < -0.4 is 0 Å². The van der Waals surface area contributed by atoms with Crippen LogP contribution in [0, 0.1) is 0 Å². The molecule has 1 aromatic heterocycles. The lowest BCUT2D eigenvalue weighted by Gasteiger charge is -2.09. The number of aromatic nitrogens is 1. The molecular formula is C34H22BrN. The fourth-order valence-electron chi connectivity index (χ4n) is 5.39. The van der Waals surface area contributed by atoms with Gasteiger partial charge >= 0.3 is 0 Å². The van der Waals surface area contributed by atoms with E-state index in [4.69, 9.17) is 0 Å². The molecule has 0 aliphatic rings. The maximum atomic E-state index is 3.72. The van der Waals surface area contributed by atoms with Gasteiger partial charge in [-0.2, -0.15) is 0 Å². The van der Waals surface area contributed by atoms with Gasteiger partial charge in [-0.3, -0.25) is 0 Å². The van der Waals surface area contributed by atoms with E-state index < -0.39 is 0 Å². The molecule has 1 nitrogen and oxygen atoms in total. The zero-order valence-electron chi connectivity index (χ0n) is 19.5. The first-order valence-corrected chi connectivity index (χ1v) is 12.9. The Kier molecular flexibility index (Phi) is 5.00. The molecule has 0 saturated heterocycles. The van der Waals surface area contributed by atoms with Crippen LogP contribution in [-0.4, -0.2) is 4.57 Å². The summed E-state index contributed by atoms with van der Waals surface area (Å²) in [6.45, 7) is 0. The minimum Gasteiger partial charge on any atom is -0.309 e. The van der Waals surface area contributed by atoms with Crippen molar-refractivity contribution in [2.24, 2.45) is 0 Å². The molecule has 0 saturated carbocycles. The smallest absolute Gasteiger partial charge is 0.0547 e. The van der Waals surface area contributed by atoms with Crippen molar-refractivity contribution in [1.29, 1.82) is 0 Å². The van der Waals surface area contributed by atoms with E-state index in [0.29, 0.717) is 0 Å². The van der Waals surface area contributed by atoms with Crippen molar-refractivity contribution in [3.05, 3.63) is 138 Å².